The Morgan fingerprint density at radius 3 is 1.44 bits per heavy atom. The molecule has 0 spiro atoms. The minimum atomic E-state index is -0.329. The number of aliphatic hydroxyl groups is 1. The van der Waals surface area contributed by atoms with Gasteiger partial charge in [-0.1, -0.05) is 117 Å². The first-order valence-corrected chi connectivity index (χ1v) is 11.8. The van der Waals surface area contributed by atoms with Crippen molar-refractivity contribution in [1.29, 1.82) is 0 Å². The zero-order valence-corrected chi connectivity index (χ0v) is 18.7. The number of esters is 1. The molecule has 0 saturated heterocycles. The van der Waals surface area contributed by atoms with Crippen LogP contribution in [0.1, 0.15) is 130 Å². The summed E-state index contributed by atoms with van der Waals surface area (Å²) in [6.07, 6.45) is 21.9. The van der Waals surface area contributed by atoms with Crippen molar-refractivity contribution in [2.24, 2.45) is 5.41 Å². The molecule has 0 rings (SSSR count). The van der Waals surface area contributed by atoms with Crippen molar-refractivity contribution in [3.05, 3.63) is 0 Å². The fourth-order valence-corrected chi connectivity index (χ4v) is 3.21. The van der Waals surface area contributed by atoms with Crippen LogP contribution in [-0.2, 0) is 9.53 Å². The quantitative estimate of drug-likeness (QED) is 0.178. The van der Waals surface area contributed by atoms with E-state index in [1.165, 1.54) is 89.9 Å². The normalized spacial score (nSPS) is 11.7. The molecule has 0 fully saturated rings. The Kier molecular flexibility index (Phi) is 18.4. The maximum Gasteiger partial charge on any atom is 0.305 e. The molecular weight excluding hydrogens is 336 g/mol. The number of hydrogen-bond donors (Lipinski definition) is 1. The zero-order chi connectivity index (χ0) is 20.2. The molecule has 0 aliphatic rings. The highest BCUT2D eigenvalue weighted by Gasteiger charge is 2.18. The third-order valence-corrected chi connectivity index (χ3v) is 5.29. The van der Waals surface area contributed by atoms with Gasteiger partial charge in [-0.15, -0.1) is 0 Å². The fraction of sp³-hybridized carbons (Fsp3) is 0.958. The van der Waals surface area contributed by atoms with E-state index in [1.807, 2.05) is 13.8 Å². The van der Waals surface area contributed by atoms with Crippen LogP contribution in [0.25, 0.3) is 0 Å². The van der Waals surface area contributed by atoms with Crippen molar-refractivity contribution in [3.8, 4) is 0 Å². The molecule has 3 heteroatoms. The second kappa shape index (κ2) is 18.8. The highest BCUT2D eigenvalue weighted by Crippen LogP contribution is 2.16. The van der Waals surface area contributed by atoms with Gasteiger partial charge in [0.15, 0.2) is 0 Å². The van der Waals surface area contributed by atoms with Crippen molar-refractivity contribution in [1.82, 2.24) is 0 Å². The Morgan fingerprint density at radius 2 is 1.07 bits per heavy atom. The number of rotatable bonds is 20. The highest BCUT2D eigenvalue weighted by atomic mass is 16.5. The molecule has 0 aromatic heterocycles. The van der Waals surface area contributed by atoms with E-state index in [4.69, 9.17) is 9.84 Å². The van der Waals surface area contributed by atoms with Gasteiger partial charge in [0.2, 0.25) is 0 Å². The van der Waals surface area contributed by atoms with E-state index in [-0.39, 0.29) is 18.0 Å². The highest BCUT2D eigenvalue weighted by molar-refractivity contribution is 5.69. The molecule has 0 radical (unpaired) electrons. The van der Waals surface area contributed by atoms with Gasteiger partial charge in [0.25, 0.3) is 0 Å². The van der Waals surface area contributed by atoms with Gasteiger partial charge < -0.3 is 9.84 Å². The van der Waals surface area contributed by atoms with Crippen LogP contribution in [0.5, 0.6) is 0 Å². The van der Waals surface area contributed by atoms with Crippen LogP contribution in [0.15, 0.2) is 0 Å². The van der Waals surface area contributed by atoms with Crippen LogP contribution in [0.4, 0.5) is 0 Å². The van der Waals surface area contributed by atoms with Gasteiger partial charge in [-0.05, 0) is 6.42 Å². The summed E-state index contributed by atoms with van der Waals surface area (Å²) in [5.41, 5.74) is -0.329. The molecule has 0 aromatic rings. The minimum Gasteiger partial charge on any atom is -0.465 e. The summed E-state index contributed by atoms with van der Waals surface area (Å²) in [5.74, 6) is -0.123. The standard InChI is InChI=1S/C24H48O3/c1-4-5-6-7-8-9-10-11-12-13-14-15-16-17-18-19-20-23(26)27-22-24(2,3)21-25/h25H,4-22H2,1-3H3. The number of unbranched alkanes of at least 4 members (excludes halogenated alkanes) is 15. The van der Waals surface area contributed by atoms with Gasteiger partial charge in [-0.3, -0.25) is 4.79 Å². The summed E-state index contributed by atoms with van der Waals surface area (Å²) < 4.78 is 5.22. The van der Waals surface area contributed by atoms with Crippen molar-refractivity contribution in [3.63, 3.8) is 0 Å². The SMILES string of the molecule is CCCCCCCCCCCCCCCCCCC(=O)OCC(C)(C)CO. The minimum absolute atomic E-state index is 0.0410. The molecule has 0 aromatic carbocycles. The summed E-state index contributed by atoms with van der Waals surface area (Å²) in [5, 5.41) is 9.14. The summed E-state index contributed by atoms with van der Waals surface area (Å²) >= 11 is 0. The molecule has 0 aliphatic carbocycles. The molecule has 162 valence electrons. The molecule has 0 saturated carbocycles. The predicted molar refractivity (Wildman–Crippen MR) is 116 cm³/mol. The van der Waals surface area contributed by atoms with E-state index in [0.29, 0.717) is 13.0 Å². The van der Waals surface area contributed by atoms with E-state index in [0.717, 1.165) is 12.8 Å². The monoisotopic (exact) mass is 384 g/mol. The maximum absolute atomic E-state index is 11.6. The first-order chi connectivity index (χ1) is 13.0. The number of carbonyl (C=O) groups excluding carboxylic acids is 1. The molecule has 1 N–H and O–H groups in total. The molecule has 3 nitrogen and oxygen atoms in total. The number of carbonyl (C=O) groups is 1. The number of ether oxygens (including phenoxy) is 1. The van der Waals surface area contributed by atoms with Crippen LogP contribution in [0.2, 0.25) is 0 Å². The Balaban J connectivity index is 3.20. The number of hydrogen-bond acceptors (Lipinski definition) is 3. The first-order valence-electron chi connectivity index (χ1n) is 11.8. The summed E-state index contributed by atoms with van der Waals surface area (Å²) in [6.45, 7) is 6.42. The van der Waals surface area contributed by atoms with Crippen molar-refractivity contribution >= 4 is 5.97 Å². The third kappa shape index (κ3) is 20.0. The average Bonchev–Trinajstić information content (AvgIpc) is 2.66. The van der Waals surface area contributed by atoms with Crippen LogP contribution < -0.4 is 0 Å². The van der Waals surface area contributed by atoms with Crippen molar-refractivity contribution < 1.29 is 14.6 Å². The van der Waals surface area contributed by atoms with E-state index in [1.54, 1.807) is 0 Å². The Bertz CT molecular complexity index is 326. The Hall–Kier alpha value is -0.570. The second-order valence-electron chi connectivity index (χ2n) is 9.04. The summed E-state index contributed by atoms with van der Waals surface area (Å²) in [7, 11) is 0. The lowest BCUT2D eigenvalue weighted by molar-refractivity contribution is -0.147. The van der Waals surface area contributed by atoms with E-state index in [9.17, 15) is 4.79 Å². The van der Waals surface area contributed by atoms with Crippen LogP contribution in [0.3, 0.4) is 0 Å². The first kappa shape index (κ1) is 26.4. The van der Waals surface area contributed by atoms with Gasteiger partial charge in [0, 0.05) is 11.8 Å². The maximum atomic E-state index is 11.6. The molecule has 27 heavy (non-hydrogen) atoms. The van der Waals surface area contributed by atoms with Crippen LogP contribution in [-0.4, -0.2) is 24.3 Å². The van der Waals surface area contributed by atoms with E-state index >= 15 is 0 Å². The van der Waals surface area contributed by atoms with Crippen LogP contribution >= 0.6 is 0 Å². The van der Waals surface area contributed by atoms with Crippen LogP contribution in [0, 0.1) is 5.41 Å². The lowest BCUT2D eigenvalue weighted by Crippen LogP contribution is -2.25. The second-order valence-corrected chi connectivity index (χ2v) is 9.04. The lowest BCUT2D eigenvalue weighted by Gasteiger charge is -2.20. The zero-order valence-electron chi connectivity index (χ0n) is 18.7. The van der Waals surface area contributed by atoms with Gasteiger partial charge in [-0.2, -0.15) is 0 Å². The molecule has 0 aliphatic heterocycles. The van der Waals surface area contributed by atoms with Gasteiger partial charge in [0.1, 0.15) is 0 Å². The summed E-state index contributed by atoms with van der Waals surface area (Å²) in [6, 6.07) is 0. The van der Waals surface area contributed by atoms with Crippen molar-refractivity contribution in [2.45, 2.75) is 130 Å². The van der Waals surface area contributed by atoms with Gasteiger partial charge in [-0.25, -0.2) is 0 Å². The molecular formula is C24H48O3. The van der Waals surface area contributed by atoms with E-state index < -0.39 is 0 Å². The van der Waals surface area contributed by atoms with Gasteiger partial charge in [0.05, 0.1) is 13.2 Å². The van der Waals surface area contributed by atoms with Gasteiger partial charge >= 0.3 is 5.97 Å². The lowest BCUT2D eigenvalue weighted by atomic mass is 9.96. The molecule has 0 unspecified atom stereocenters. The Morgan fingerprint density at radius 1 is 0.704 bits per heavy atom. The molecule has 0 heterocycles. The van der Waals surface area contributed by atoms with E-state index in [2.05, 4.69) is 6.92 Å². The topological polar surface area (TPSA) is 46.5 Å². The summed E-state index contributed by atoms with van der Waals surface area (Å²) in [4.78, 5) is 11.6. The molecule has 0 atom stereocenters. The third-order valence-electron chi connectivity index (χ3n) is 5.29. The average molecular weight is 385 g/mol. The fourth-order valence-electron chi connectivity index (χ4n) is 3.21. The molecule has 0 amide bonds. The largest absolute Gasteiger partial charge is 0.465 e. The smallest absolute Gasteiger partial charge is 0.305 e. The van der Waals surface area contributed by atoms with Crippen molar-refractivity contribution in [2.75, 3.05) is 13.2 Å². The number of aliphatic hydroxyl groups excluding tert-OH is 1. The predicted octanol–water partition coefficient (Wildman–Crippen LogP) is 7.20. The molecule has 0 bridgehead atoms. The Labute approximate surface area is 169 Å².